The van der Waals surface area contributed by atoms with Gasteiger partial charge in [0.25, 0.3) is 11.8 Å². The maximum atomic E-state index is 12.2. The van der Waals surface area contributed by atoms with E-state index in [4.69, 9.17) is 9.47 Å². The van der Waals surface area contributed by atoms with Gasteiger partial charge in [0.15, 0.2) is 0 Å². The molecular weight excluding hydrogens is 382 g/mol. The molecule has 30 heavy (non-hydrogen) atoms. The summed E-state index contributed by atoms with van der Waals surface area (Å²) >= 11 is 0. The summed E-state index contributed by atoms with van der Waals surface area (Å²) in [4.78, 5) is 36.7. The molecule has 2 aliphatic rings. The zero-order chi connectivity index (χ0) is 21.6. The fourth-order valence-corrected chi connectivity index (χ4v) is 4.42. The predicted molar refractivity (Wildman–Crippen MR) is 114 cm³/mol. The summed E-state index contributed by atoms with van der Waals surface area (Å²) in [5.41, 5.74) is 1.54. The Balaban J connectivity index is 1.42. The molecule has 1 saturated heterocycles. The standard InChI is InChI=1S/C24H31NO5/c1-3-6-20-24(13-4-2,17-30-20)14-5-15-29-23(28)16-18-7-9-19(10-8-18)25-21(26)11-12-22(25)27/h7-12,20H,3-6,13-17H2,1-2H3. The van der Waals surface area contributed by atoms with Crippen molar-refractivity contribution in [1.29, 1.82) is 0 Å². The smallest absolute Gasteiger partial charge is 0.310 e. The minimum absolute atomic E-state index is 0.169. The molecule has 1 aromatic carbocycles. The number of ether oxygens (including phenoxy) is 2. The molecule has 0 aromatic heterocycles. The van der Waals surface area contributed by atoms with E-state index >= 15 is 0 Å². The van der Waals surface area contributed by atoms with Crippen LogP contribution in [0.3, 0.4) is 0 Å². The lowest BCUT2D eigenvalue weighted by molar-refractivity contribution is -0.199. The van der Waals surface area contributed by atoms with Crippen molar-refractivity contribution >= 4 is 23.5 Å². The molecule has 0 saturated carbocycles. The lowest BCUT2D eigenvalue weighted by atomic mass is 9.70. The SMILES string of the molecule is CCCC1OCC1(CCC)CCCOC(=O)Cc1ccc(N2C(=O)C=CC2=O)cc1. The van der Waals surface area contributed by atoms with Crippen molar-refractivity contribution < 1.29 is 23.9 Å². The Labute approximate surface area is 178 Å². The summed E-state index contributed by atoms with van der Waals surface area (Å²) in [5.74, 6) is -0.977. The second-order valence-corrected chi connectivity index (χ2v) is 8.21. The molecule has 2 unspecified atom stereocenters. The molecule has 1 fully saturated rings. The monoisotopic (exact) mass is 413 g/mol. The Bertz CT molecular complexity index is 782. The number of hydrogen-bond donors (Lipinski definition) is 0. The Morgan fingerprint density at radius 3 is 2.37 bits per heavy atom. The van der Waals surface area contributed by atoms with Crippen LogP contribution in [-0.2, 0) is 30.3 Å². The number of hydrogen-bond acceptors (Lipinski definition) is 5. The summed E-state index contributed by atoms with van der Waals surface area (Å²) in [7, 11) is 0. The Morgan fingerprint density at radius 2 is 1.80 bits per heavy atom. The molecule has 1 aromatic rings. The fraction of sp³-hybridized carbons (Fsp3) is 0.542. The highest BCUT2D eigenvalue weighted by Gasteiger charge is 2.46. The fourth-order valence-electron chi connectivity index (χ4n) is 4.42. The van der Waals surface area contributed by atoms with Gasteiger partial charge in [0, 0.05) is 17.6 Å². The van der Waals surface area contributed by atoms with Gasteiger partial charge in [-0.3, -0.25) is 14.4 Å². The number of nitrogens with zero attached hydrogens (tertiary/aromatic N) is 1. The highest BCUT2D eigenvalue weighted by molar-refractivity contribution is 6.28. The molecule has 0 radical (unpaired) electrons. The van der Waals surface area contributed by atoms with Gasteiger partial charge in [0.05, 0.1) is 31.4 Å². The zero-order valence-corrected chi connectivity index (χ0v) is 17.9. The molecule has 0 aliphatic carbocycles. The largest absolute Gasteiger partial charge is 0.465 e. The zero-order valence-electron chi connectivity index (χ0n) is 17.9. The molecule has 162 valence electrons. The van der Waals surface area contributed by atoms with Crippen molar-refractivity contribution in [2.45, 2.75) is 64.9 Å². The van der Waals surface area contributed by atoms with E-state index in [2.05, 4.69) is 13.8 Å². The average molecular weight is 414 g/mol. The number of benzene rings is 1. The molecule has 0 spiro atoms. The minimum Gasteiger partial charge on any atom is -0.465 e. The van der Waals surface area contributed by atoms with Gasteiger partial charge in [-0.1, -0.05) is 38.8 Å². The van der Waals surface area contributed by atoms with E-state index < -0.39 is 0 Å². The molecule has 2 heterocycles. The van der Waals surface area contributed by atoms with E-state index in [1.165, 1.54) is 12.2 Å². The number of carbonyl (C=O) groups excluding carboxylic acids is 3. The van der Waals surface area contributed by atoms with E-state index in [1.54, 1.807) is 24.3 Å². The van der Waals surface area contributed by atoms with Crippen molar-refractivity contribution in [3.05, 3.63) is 42.0 Å². The van der Waals surface area contributed by atoms with Crippen LogP contribution < -0.4 is 4.90 Å². The molecule has 2 amide bonds. The summed E-state index contributed by atoms with van der Waals surface area (Å²) in [6, 6.07) is 6.83. The second-order valence-electron chi connectivity index (χ2n) is 8.21. The third-order valence-electron chi connectivity index (χ3n) is 5.99. The topological polar surface area (TPSA) is 72.9 Å². The summed E-state index contributed by atoms with van der Waals surface area (Å²) in [5, 5.41) is 0. The predicted octanol–water partition coefficient (Wildman–Crippen LogP) is 3.97. The van der Waals surface area contributed by atoms with Gasteiger partial charge < -0.3 is 9.47 Å². The molecule has 3 rings (SSSR count). The summed E-state index contributed by atoms with van der Waals surface area (Å²) in [6.45, 7) is 5.64. The normalized spacial score (nSPS) is 23.0. The number of anilines is 1. The van der Waals surface area contributed by atoms with Crippen molar-refractivity contribution in [3.8, 4) is 0 Å². The molecular formula is C24H31NO5. The Hall–Kier alpha value is -2.47. The molecule has 6 heteroatoms. The highest BCUT2D eigenvalue weighted by Crippen LogP contribution is 2.45. The van der Waals surface area contributed by atoms with Crippen LogP contribution >= 0.6 is 0 Å². The minimum atomic E-state index is -0.356. The Kier molecular flexibility index (Phi) is 7.43. The van der Waals surface area contributed by atoms with Gasteiger partial charge in [-0.05, 0) is 43.4 Å². The van der Waals surface area contributed by atoms with Gasteiger partial charge >= 0.3 is 5.97 Å². The molecule has 6 nitrogen and oxygen atoms in total. The van der Waals surface area contributed by atoms with Crippen molar-refractivity contribution in [1.82, 2.24) is 0 Å². The number of rotatable bonds is 11. The van der Waals surface area contributed by atoms with Crippen LogP contribution in [0.15, 0.2) is 36.4 Å². The molecule has 2 atom stereocenters. The van der Waals surface area contributed by atoms with E-state index in [9.17, 15) is 14.4 Å². The second kappa shape index (κ2) is 10.0. The lowest BCUT2D eigenvalue weighted by Crippen LogP contribution is -2.51. The van der Waals surface area contributed by atoms with Gasteiger partial charge in [0.2, 0.25) is 0 Å². The van der Waals surface area contributed by atoms with Crippen LogP contribution in [0.4, 0.5) is 5.69 Å². The van der Waals surface area contributed by atoms with E-state index in [-0.39, 0.29) is 29.6 Å². The maximum Gasteiger partial charge on any atom is 0.310 e. The van der Waals surface area contributed by atoms with Crippen molar-refractivity contribution in [2.75, 3.05) is 18.1 Å². The Morgan fingerprint density at radius 1 is 1.10 bits per heavy atom. The van der Waals surface area contributed by atoms with Crippen molar-refractivity contribution in [2.24, 2.45) is 5.41 Å². The highest BCUT2D eigenvalue weighted by atomic mass is 16.5. The van der Waals surface area contributed by atoms with Crippen LogP contribution in [0.1, 0.15) is 57.9 Å². The van der Waals surface area contributed by atoms with Gasteiger partial charge in [-0.2, -0.15) is 0 Å². The first-order valence-electron chi connectivity index (χ1n) is 10.9. The quantitative estimate of drug-likeness (QED) is 0.312. The van der Waals surface area contributed by atoms with E-state index in [1.807, 2.05) is 0 Å². The third kappa shape index (κ3) is 4.98. The van der Waals surface area contributed by atoms with Gasteiger partial charge in [-0.25, -0.2) is 4.90 Å². The first-order chi connectivity index (χ1) is 14.5. The first kappa shape index (κ1) is 22.2. The summed E-state index contributed by atoms with van der Waals surface area (Å²) in [6.07, 6.45) is 9.42. The van der Waals surface area contributed by atoms with Crippen LogP contribution in [0.2, 0.25) is 0 Å². The van der Waals surface area contributed by atoms with Gasteiger partial charge in [0.1, 0.15) is 0 Å². The third-order valence-corrected chi connectivity index (χ3v) is 5.99. The lowest BCUT2D eigenvalue weighted by Gasteiger charge is -2.50. The maximum absolute atomic E-state index is 12.2. The average Bonchev–Trinajstić information content (AvgIpc) is 3.06. The number of amides is 2. The number of esters is 1. The van der Waals surface area contributed by atoms with Crippen LogP contribution in [0.25, 0.3) is 0 Å². The van der Waals surface area contributed by atoms with E-state index in [0.29, 0.717) is 18.4 Å². The van der Waals surface area contributed by atoms with Crippen LogP contribution in [0, 0.1) is 5.41 Å². The number of carbonyl (C=O) groups is 3. The van der Waals surface area contributed by atoms with E-state index in [0.717, 1.165) is 55.6 Å². The summed E-state index contributed by atoms with van der Waals surface area (Å²) < 4.78 is 11.2. The first-order valence-corrected chi connectivity index (χ1v) is 10.9. The molecule has 2 aliphatic heterocycles. The molecule has 0 N–H and O–H groups in total. The van der Waals surface area contributed by atoms with Crippen LogP contribution in [-0.4, -0.2) is 37.1 Å². The van der Waals surface area contributed by atoms with Crippen LogP contribution in [0.5, 0.6) is 0 Å². The van der Waals surface area contributed by atoms with Gasteiger partial charge in [-0.15, -0.1) is 0 Å². The number of imide groups is 1. The molecule has 0 bridgehead atoms. The van der Waals surface area contributed by atoms with Crippen molar-refractivity contribution in [3.63, 3.8) is 0 Å².